The van der Waals surface area contributed by atoms with Gasteiger partial charge in [-0.2, -0.15) is 11.8 Å². The minimum atomic E-state index is 0.840. The molecule has 1 N–H and O–H groups in total. The summed E-state index contributed by atoms with van der Waals surface area (Å²) in [4.78, 5) is 4.44. The Labute approximate surface area is 95.7 Å². The zero-order chi connectivity index (χ0) is 10.7. The van der Waals surface area contributed by atoms with E-state index in [1.54, 1.807) is 0 Å². The maximum Gasteiger partial charge on any atom is 0.202 e. The standard InChI is InChI=1S/C11H19N3S/c1-9-7-14(11(12-2)13-9)8-10-3-5-15-6-4-10/h7,10H,3-6,8H2,1-2H3,(H,12,13). The van der Waals surface area contributed by atoms with Crippen LogP contribution in [0.3, 0.4) is 0 Å². The van der Waals surface area contributed by atoms with E-state index in [2.05, 4.69) is 32.8 Å². The smallest absolute Gasteiger partial charge is 0.202 e. The van der Waals surface area contributed by atoms with Gasteiger partial charge in [0.2, 0.25) is 5.95 Å². The van der Waals surface area contributed by atoms with Crippen LogP contribution in [0.5, 0.6) is 0 Å². The van der Waals surface area contributed by atoms with Gasteiger partial charge in [-0.05, 0) is 37.2 Å². The number of imidazole rings is 1. The molecule has 1 fully saturated rings. The summed E-state index contributed by atoms with van der Waals surface area (Å²) in [6.07, 6.45) is 4.85. The number of nitrogens with one attached hydrogen (secondary N) is 1. The Morgan fingerprint density at radius 1 is 1.53 bits per heavy atom. The van der Waals surface area contributed by atoms with Gasteiger partial charge >= 0.3 is 0 Å². The van der Waals surface area contributed by atoms with Crippen LogP contribution in [0.15, 0.2) is 6.20 Å². The van der Waals surface area contributed by atoms with Gasteiger partial charge in [0.25, 0.3) is 0 Å². The van der Waals surface area contributed by atoms with Crippen LogP contribution in [0, 0.1) is 12.8 Å². The van der Waals surface area contributed by atoms with Gasteiger partial charge in [-0.25, -0.2) is 4.98 Å². The molecule has 0 saturated carbocycles. The summed E-state index contributed by atoms with van der Waals surface area (Å²) in [5.41, 5.74) is 1.10. The lowest BCUT2D eigenvalue weighted by Gasteiger charge is -2.22. The molecule has 2 rings (SSSR count). The molecule has 1 aromatic heterocycles. The van der Waals surface area contributed by atoms with Crippen LogP contribution in [-0.2, 0) is 6.54 Å². The summed E-state index contributed by atoms with van der Waals surface area (Å²) in [5, 5.41) is 3.15. The van der Waals surface area contributed by atoms with Gasteiger partial charge in [-0.15, -0.1) is 0 Å². The molecular formula is C11H19N3S. The van der Waals surface area contributed by atoms with E-state index in [4.69, 9.17) is 0 Å². The number of aromatic nitrogens is 2. The summed E-state index contributed by atoms with van der Waals surface area (Å²) in [6.45, 7) is 3.17. The molecule has 1 aliphatic rings. The highest BCUT2D eigenvalue weighted by molar-refractivity contribution is 7.99. The molecule has 0 unspecified atom stereocenters. The maximum atomic E-state index is 4.44. The quantitative estimate of drug-likeness (QED) is 0.856. The first kappa shape index (κ1) is 10.9. The molecule has 0 aromatic carbocycles. The third-order valence-electron chi connectivity index (χ3n) is 2.92. The van der Waals surface area contributed by atoms with Crippen molar-refractivity contribution in [1.82, 2.24) is 9.55 Å². The fraction of sp³-hybridized carbons (Fsp3) is 0.727. The van der Waals surface area contributed by atoms with Gasteiger partial charge in [0.1, 0.15) is 0 Å². The van der Waals surface area contributed by atoms with Crippen LogP contribution in [0.4, 0.5) is 5.95 Å². The molecule has 1 aliphatic heterocycles. The van der Waals surface area contributed by atoms with Crippen LogP contribution in [0.2, 0.25) is 0 Å². The molecule has 84 valence electrons. The Hall–Kier alpha value is -0.640. The number of nitrogens with zero attached hydrogens (tertiary/aromatic N) is 2. The average Bonchev–Trinajstić information content (AvgIpc) is 2.60. The minimum absolute atomic E-state index is 0.840. The average molecular weight is 225 g/mol. The van der Waals surface area contributed by atoms with Crippen LogP contribution < -0.4 is 5.32 Å². The van der Waals surface area contributed by atoms with Crippen molar-refractivity contribution in [3.05, 3.63) is 11.9 Å². The zero-order valence-corrected chi connectivity index (χ0v) is 10.3. The minimum Gasteiger partial charge on any atom is -0.359 e. The van der Waals surface area contributed by atoms with Crippen molar-refractivity contribution in [1.29, 1.82) is 0 Å². The lowest BCUT2D eigenvalue weighted by molar-refractivity contribution is 0.419. The zero-order valence-electron chi connectivity index (χ0n) is 9.49. The van der Waals surface area contributed by atoms with Gasteiger partial charge in [-0.3, -0.25) is 0 Å². The second-order valence-corrected chi connectivity index (χ2v) is 5.39. The van der Waals surface area contributed by atoms with Gasteiger partial charge in [0, 0.05) is 19.8 Å². The second-order valence-electron chi connectivity index (χ2n) is 4.16. The highest BCUT2D eigenvalue weighted by Gasteiger charge is 2.15. The SMILES string of the molecule is CNc1nc(C)cn1CC1CCSCC1. The van der Waals surface area contributed by atoms with Crippen molar-refractivity contribution >= 4 is 17.7 Å². The fourth-order valence-corrected chi connectivity index (χ4v) is 3.30. The summed E-state index contributed by atoms with van der Waals surface area (Å²) in [7, 11) is 1.94. The first-order valence-corrected chi connectivity index (χ1v) is 6.74. The molecule has 3 nitrogen and oxygen atoms in total. The fourth-order valence-electron chi connectivity index (χ4n) is 2.09. The first-order chi connectivity index (χ1) is 7.29. The van der Waals surface area contributed by atoms with E-state index in [0.29, 0.717) is 0 Å². The predicted molar refractivity (Wildman–Crippen MR) is 66.6 cm³/mol. The number of rotatable bonds is 3. The largest absolute Gasteiger partial charge is 0.359 e. The monoisotopic (exact) mass is 225 g/mol. The van der Waals surface area contributed by atoms with Crippen molar-refractivity contribution < 1.29 is 0 Å². The van der Waals surface area contributed by atoms with Crippen LogP contribution in [-0.4, -0.2) is 28.1 Å². The van der Waals surface area contributed by atoms with E-state index in [1.165, 1.54) is 24.3 Å². The number of hydrogen-bond acceptors (Lipinski definition) is 3. The third-order valence-corrected chi connectivity index (χ3v) is 3.97. The Balaban J connectivity index is 2.02. The molecule has 1 aromatic rings. The van der Waals surface area contributed by atoms with Crippen molar-refractivity contribution in [2.75, 3.05) is 23.9 Å². The van der Waals surface area contributed by atoms with Crippen LogP contribution in [0.1, 0.15) is 18.5 Å². The molecule has 0 amide bonds. The van der Waals surface area contributed by atoms with Crippen molar-refractivity contribution in [2.45, 2.75) is 26.3 Å². The van der Waals surface area contributed by atoms with Crippen molar-refractivity contribution in [3.63, 3.8) is 0 Å². The summed E-state index contributed by atoms with van der Waals surface area (Å²) >= 11 is 2.08. The number of thioether (sulfide) groups is 1. The third kappa shape index (κ3) is 2.68. The van der Waals surface area contributed by atoms with Crippen molar-refractivity contribution in [2.24, 2.45) is 5.92 Å². The Morgan fingerprint density at radius 3 is 2.93 bits per heavy atom. The molecule has 2 heterocycles. The highest BCUT2D eigenvalue weighted by atomic mass is 32.2. The van der Waals surface area contributed by atoms with Crippen molar-refractivity contribution in [3.8, 4) is 0 Å². The molecule has 0 radical (unpaired) electrons. The molecule has 0 aliphatic carbocycles. The lowest BCUT2D eigenvalue weighted by Crippen LogP contribution is -2.17. The van der Waals surface area contributed by atoms with Gasteiger partial charge in [0.05, 0.1) is 5.69 Å². The predicted octanol–water partition coefficient (Wildman–Crippen LogP) is 2.38. The number of aryl methyl sites for hydroxylation is 1. The van der Waals surface area contributed by atoms with E-state index < -0.39 is 0 Å². The summed E-state index contributed by atoms with van der Waals surface area (Å²) < 4.78 is 2.26. The van der Waals surface area contributed by atoms with Crippen LogP contribution >= 0.6 is 11.8 Å². The first-order valence-electron chi connectivity index (χ1n) is 5.59. The molecule has 0 bridgehead atoms. The van der Waals surface area contributed by atoms with E-state index in [0.717, 1.165) is 24.1 Å². The maximum absolute atomic E-state index is 4.44. The number of hydrogen-bond donors (Lipinski definition) is 1. The van der Waals surface area contributed by atoms with Gasteiger partial charge < -0.3 is 9.88 Å². The Morgan fingerprint density at radius 2 is 2.27 bits per heavy atom. The second kappa shape index (κ2) is 4.92. The Kier molecular flexibility index (Phi) is 3.57. The van der Waals surface area contributed by atoms with E-state index in [9.17, 15) is 0 Å². The van der Waals surface area contributed by atoms with E-state index >= 15 is 0 Å². The summed E-state index contributed by atoms with van der Waals surface area (Å²) in [6, 6.07) is 0. The molecule has 1 saturated heterocycles. The highest BCUT2D eigenvalue weighted by Crippen LogP contribution is 2.25. The molecule has 0 spiro atoms. The lowest BCUT2D eigenvalue weighted by atomic mass is 10.0. The molecule has 0 atom stereocenters. The van der Waals surface area contributed by atoms with Crippen LogP contribution in [0.25, 0.3) is 0 Å². The van der Waals surface area contributed by atoms with Gasteiger partial charge in [-0.1, -0.05) is 0 Å². The molecule has 4 heteroatoms. The summed E-state index contributed by atoms with van der Waals surface area (Å²) in [5.74, 6) is 4.50. The number of anilines is 1. The molecule has 15 heavy (non-hydrogen) atoms. The topological polar surface area (TPSA) is 29.9 Å². The van der Waals surface area contributed by atoms with E-state index in [1.807, 2.05) is 14.0 Å². The van der Waals surface area contributed by atoms with Gasteiger partial charge in [0.15, 0.2) is 0 Å². The Bertz CT molecular complexity index is 316. The van der Waals surface area contributed by atoms with E-state index in [-0.39, 0.29) is 0 Å². The molecular weight excluding hydrogens is 206 g/mol. The normalized spacial score (nSPS) is 18.0.